The summed E-state index contributed by atoms with van der Waals surface area (Å²) in [6.45, 7) is 6.16. The largest absolute Gasteiger partial charge is 0.308 e. The molecule has 0 fully saturated rings. The van der Waals surface area contributed by atoms with Crippen molar-refractivity contribution in [3.8, 4) is 0 Å². The molecule has 0 aromatic carbocycles. The third kappa shape index (κ3) is 1.50. The first-order valence-electron chi connectivity index (χ1n) is 3.95. The van der Waals surface area contributed by atoms with Gasteiger partial charge in [-0.15, -0.1) is 0 Å². The second-order valence-electron chi connectivity index (χ2n) is 2.50. The van der Waals surface area contributed by atoms with Gasteiger partial charge >= 0.3 is 0 Å². The van der Waals surface area contributed by atoms with E-state index in [4.69, 9.17) is 0 Å². The summed E-state index contributed by atoms with van der Waals surface area (Å²) in [6.07, 6.45) is 7.02. The minimum atomic E-state index is 1.03. The Balaban J connectivity index is 3.07. The van der Waals surface area contributed by atoms with Crippen LogP contribution in [0.3, 0.4) is 0 Å². The summed E-state index contributed by atoms with van der Waals surface area (Å²) in [4.78, 5) is 4.22. The summed E-state index contributed by atoms with van der Waals surface area (Å²) < 4.78 is 2.11. The maximum atomic E-state index is 4.22. The molecular formula is C9H14N2. The smallest absolute Gasteiger partial charge is 0.109 e. The molecule has 0 amide bonds. The maximum Gasteiger partial charge on any atom is 0.109 e. The van der Waals surface area contributed by atoms with Gasteiger partial charge in [-0.3, -0.25) is 0 Å². The van der Waals surface area contributed by atoms with Gasteiger partial charge in [-0.25, -0.2) is 4.98 Å². The van der Waals surface area contributed by atoms with Gasteiger partial charge in [-0.1, -0.05) is 13.0 Å². The van der Waals surface area contributed by atoms with E-state index in [-0.39, 0.29) is 0 Å². The van der Waals surface area contributed by atoms with Crippen molar-refractivity contribution >= 4 is 6.20 Å². The molecule has 0 aliphatic heterocycles. The molecule has 60 valence electrons. The molecule has 1 aromatic heterocycles. The molecule has 1 aromatic rings. The molecule has 0 spiro atoms. The summed E-state index contributed by atoms with van der Waals surface area (Å²) in [6, 6.07) is 0. The monoisotopic (exact) mass is 150 g/mol. The molecule has 0 saturated carbocycles. The van der Waals surface area contributed by atoms with E-state index >= 15 is 0 Å². The summed E-state index contributed by atoms with van der Waals surface area (Å²) in [7, 11) is 0. The molecule has 1 heterocycles. The van der Waals surface area contributed by atoms with E-state index < -0.39 is 0 Å². The van der Waals surface area contributed by atoms with E-state index in [9.17, 15) is 0 Å². The Morgan fingerprint density at radius 3 is 2.91 bits per heavy atom. The summed E-state index contributed by atoms with van der Waals surface area (Å²) in [5, 5.41) is 0. The zero-order chi connectivity index (χ0) is 8.27. The minimum Gasteiger partial charge on any atom is -0.308 e. The number of nitrogens with zero attached hydrogens (tertiary/aromatic N) is 2. The third-order valence-electron chi connectivity index (χ3n) is 1.72. The molecule has 2 heteroatoms. The second-order valence-corrected chi connectivity index (χ2v) is 2.50. The normalized spacial score (nSPS) is 11.2. The summed E-state index contributed by atoms with van der Waals surface area (Å²) in [5.74, 6) is 1.06. The highest BCUT2D eigenvalue weighted by Crippen LogP contribution is 2.05. The molecule has 0 saturated heterocycles. The molecule has 0 aliphatic carbocycles. The van der Waals surface area contributed by atoms with Gasteiger partial charge in [0.15, 0.2) is 0 Å². The van der Waals surface area contributed by atoms with Gasteiger partial charge < -0.3 is 4.57 Å². The lowest BCUT2D eigenvalue weighted by atomic mass is 10.4. The molecule has 0 radical (unpaired) electrons. The molecule has 2 nitrogen and oxygen atoms in total. The van der Waals surface area contributed by atoms with E-state index in [0.29, 0.717) is 0 Å². The first kappa shape index (κ1) is 8.05. The van der Waals surface area contributed by atoms with E-state index in [1.54, 1.807) is 0 Å². The average molecular weight is 150 g/mol. The standard InChI is InChI=1S/C9H14N2/c1-4-6-11-8(3)10-7-9(11)5-2/h4,6-7H,5H2,1-3H3. The Morgan fingerprint density at radius 1 is 1.64 bits per heavy atom. The molecule has 0 atom stereocenters. The third-order valence-corrected chi connectivity index (χ3v) is 1.72. The van der Waals surface area contributed by atoms with Crippen molar-refractivity contribution in [1.29, 1.82) is 0 Å². The van der Waals surface area contributed by atoms with Crippen molar-refractivity contribution in [2.75, 3.05) is 0 Å². The lowest BCUT2D eigenvalue weighted by Crippen LogP contribution is -1.94. The van der Waals surface area contributed by atoms with Crippen LogP contribution in [-0.4, -0.2) is 9.55 Å². The molecule has 0 bridgehead atoms. The average Bonchev–Trinajstić information content (AvgIpc) is 2.34. The van der Waals surface area contributed by atoms with Crippen LogP contribution < -0.4 is 0 Å². The SMILES string of the molecule is CC=Cn1c(CC)cnc1C. The van der Waals surface area contributed by atoms with Gasteiger partial charge in [0.05, 0.1) is 0 Å². The second kappa shape index (κ2) is 3.37. The van der Waals surface area contributed by atoms with E-state index in [1.807, 2.05) is 32.3 Å². The fraction of sp³-hybridized carbons (Fsp3) is 0.444. The number of rotatable bonds is 2. The topological polar surface area (TPSA) is 17.8 Å². The quantitative estimate of drug-likeness (QED) is 0.632. The number of imidazole rings is 1. The fourth-order valence-electron chi connectivity index (χ4n) is 1.11. The Hall–Kier alpha value is -1.05. The zero-order valence-electron chi connectivity index (χ0n) is 7.33. The lowest BCUT2D eigenvalue weighted by Gasteiger charge is -2.00. The van der Waals surface area contributed by atoms with Crippen molar-refractivity contribution in [1.82, 2.24) is 9.55 Å². The van der Waals surface area contributed by atoms with Crippen LogP contribution in [0.25, 0.3) is 6.20 Å². The number of hydrogen-bond donors (Lipinski definition) is 0. The zero-order valence-corrected chi connectivity index (χ0v) is 7.33. The van der Waals surface area contributed by atoms with E-state index in [1.165, 1.54) is 5.69 Å². The van der Waals surface area contributed by atoms with E-state index in [2.05, 4.69) is 16.5 Å². The van der Waals surface area contributed by atoms with Crippen molar-refractivity contribution in [3.63, 3.8) is 0 Å². The molecule has 0 unspecified atom stereocenters. The van der Waals surface area contributed by atoms with Gasteiger partial charge in [-0.05, 0) is 20.3 Å². The Morgan fingerprint density at radius 2 is 2.36 bits per heavy atom. The van der Waals surface area contributed by atoms with Gasteiger partial charge in [0, 0.05) is 18.1 Å². The highest BCUT2D eigenvalue weighted by atomic mass is 15.1. The highest BCUT2D eigenvalue weighted by molar-refractivity contribution is 5.27. The molecule has 0 N–H and O–H groups in total. The van der Waals surface area contributed by atoms with Crippen LogP contribution in [0, 0.1) is 6.92 Å². The molecule has 1 rings (SSSR count). The first-order valence-corrected chi connectivity index (χ1v) is 3.95. The Bertz CT molecular complexity index is 259. The summed E-state index contributed by atoms with van der Waals surface area (Å²) in [5.41, 5.74) is 1.26. The number of allylic oxidation sites excluding steroid dienone is 1. The van der Waals surface area contributed by atoms with Gasteiger partial charge in [0.1, 0.15) is 5.82 Å². The summed E-state index contributed by atoms with van der Waals surface area (Å²) >= 11 is 0. The van der Waals surface area contributed by atoms with Crippen molar-refractivity contribution in [2.45, 2.75) is 27.2 Å². The van der Waals surface area contributed by atoms with Crippen molar-refractivity contribution in [2.24, 2.45) is 0 Å². The van der Waals surface area contributed by atoms with Crippen LogP contribution in [0.15, 0.2) is 12.3 Å². The highest BCUT2D eigenvalue weighted by Gasteiger charge is 1.99. The van der Waals surface area contributed by atoms with Crippen LogP contribution >= 0.6 is 0 Å². The Kier molecular flexibility index (Phi) is 2.47. The Labute approximate surface area is 67.6 Å². The van der Waals surface area contributed by atoms with Gasteiger partial charge in [0.2, 0.25) is 0 Å². The number of hydrogen-bond acceptors (Lipinski definition) is 1. The molecule has 0 aliphatic rings. The van der Waals surface area contributed by atoms with Crippen molar-refractivity contribution in [3.05, 3.63) is 23.8 Å². The maximum absolute atomic E-state index is 4.22. The lowest BCUT2D eigenvalue weighted by molar-refractivity contribution is 0.937. The van der Waals surface area contributed by atoms with E-state index in [0.717, 1.165) is 12.2 Å². The number of aryl methyl sites for hydroxylation is 2. The van der Waals surface area contributed by atoms with Crippen LogP contribution in [0.1, 0.15) is 25.4 Å². The fourth-order valence-corrected chi connectivity index (χ4v) is 1.11. The minimum absolute atomic E-state index is 1.03. The number of aromatic nitrogens is 2. The van der Waals surface area contributed by atoms with Crippen LogP contribution in [0.5, 0.6) is 0 Å². The van der Waals surface area contributed by atoms with Gasteiger partial charge in [-0.2, -0.15) is 0 Å². The van der Waals surface area contributed by atoms with Crippen molar-refractivity contribution < 1.29 is 0 Å². The van der Waals surface area contributed by atoms with Crippen LogP contribution in [0.4, 0.5) is 0 Å². The molecular weight excluding hydrogens is 136 g/mol. The molecule has 11 heavy (non-hydrogen) atoms. The van der Waals surface area contributed by atoms with Crippen LogP contribution in [-0.2, 0) is 6.42 Å². The van der Waals surface area contributed by atoms with Gasteiger partial charge in [0.25, 0.3) is 0 Å². The predicted molar refractivity (Wildman–Crippen MR) is 47.3 cm³/mol. The first-order chi connectivity index (χ1) is 5.29. The predicted octanol–water partition coefficient (Wildman–Crippen LogP) is 2.24. The van der Waals surface area contributed by atoms with Crippen LogP contribution in [0.2, 0.25) is 0 Å².